The van der Waals surface area contributed by atoms with E-state index in [0.29, 0.717) is 0 Å². The molecule has 1 heterocycles. The maximum Gasteiger partial charge on any atom is 0.0423 e. The molecule has 0 radical (unpaired) electrons. The molecule has 0 bridgehead atoms. The van der Waals surface area contributed by atoms with E-state index in [9.17, 15) is 0 Å². The second-order valence-corrected chi connectivity index (χ2v) is 7.00. The average molecular weight is 327 g/mol. The molecule has 0 saturated carbocycles. The maximum atomic E-state index is 2.44. The molecule has 25 heavy (non-hydrogen) atoms. The van der Waals surface area contributed by atoms with Crippen LogP contribution >= 0.6 is 0 Å². The normalized spacial score (nSPS) is 22.7. The Hall–Kier alpha value is -2.54. The summed E-state index contributed by atoms with van der Waals surface area (Å²) in [6, 6.07) is 21.8. The first kappa shape index (κ1) is 16.0. The first-order valence-electron chi connectivity index (χ1n) is 9.24. The predicted molar refractivity (Wildman–Crippen MR) is 105 cm³/mol. The second-order valence-electron chi connectivity index (χ2n) is 7.00. The van der Waals surface area contributed by atoms with E-state index in [-0.39, 0.29) is 5.41 Å². The molecule has 2 aromatic carbocycles. The van der Waals surface area contributed by atoms with Crippen molar-refractivity contribution in [2.75, 3.05) is 6.54 Å². The number of allylic oxidation sites excluding steroid dienone is 5. The Morgan fingerprint density at radius 3 is 2.28 bits per heavy atom. The summed E-state index contributed by atoms with van der Waals surface area (Å²) in [7, 11) is 0. The fourth-order valence-corrected chi connectivity index (χ4v) is 4.05. The molecule has 1 heteroatoms. The molecule has 1 atom stereocenters. The summed E-state index contributed by atoms with van der Waals surface area (Å²) in [6.45, 7) is 2.07. The van der Waals surface area contributed by atoms with Gasteiger partial charge in [0.15, 0.2) is 0 Å². The molecule has 1 aliphatic heterocycles. The van der Waals surface area contributed by atoms with Crippen LogP contribution in [0.25, 0.3) is 0 Å². The molecule has 2 aliphatic rings. The topological polar surface area (TPSA) is 3.24 Å². The molecule has 1 unspecified atom stereocenters. The van der Waals surface area contributed by atoms with Gasteiger partial charge in [-0.3, -0.25) is 0 Å². The summed E-state index contributed by atoms with van der Waals surface area (Å²) in [5.74, 6) is 0. The fraction of sp³-hybridized carbons (Fsp3) is 0.250. The molecule has 0 fully saturated rings. The van der Waals surface area contributed by atoms with Crippen LogP contribution in [-0.4, -0.2) is 11.4 Å². The van der Waals surface area contributed by atoms with Crippen molar-refractivity contribution in [3.05, 3.63) is 108 Å². The molecule has 2 aromatic rings. The summed E-state index contributed by atoms with van der Waals surface area (Å²) in [4.78, 5) is 2.44. The molecule has 0 aromatic heterocycles. The lowest BCUT2D eigenvalue weighted by atomic mass is 9.68. The Morgan fingerprint density at radius 1 is 0.880 bits per heavy atom. The maximum absolute atomic E-state index is 2.44. The Balaban J connectivity index is 1.62. The first-order valence-corrected chi connectivity index (χ1v) is 9.24. The van der Waals surface area contributed by atoms with Crippen LogP contribution in [0.2, 0.25) is 0 Å². The van der Waals surface area contributed by atoms with Crippen molar-refractivity contribution in [3.8, 4) is 0 Å². The summed E-state index contributed by atoms with van der Waals surface area (Å²) in [6.07, 6.45) is 15.1. The van der Waals surface area contributed by atoms with Gasteiger partial charge in [0.1, 0.15) is 0 Å². The van der Waals surface area contributed by atoms with Crippen LogP contribution in [-0.2, 0) is 12.0 Å². The first-order chi connectivity index (χ1) is 12.4. The smallest absolute Gasteiger partial charge is 0.0423 e. The zero-order chi connectivity index (χ0) is 17.0. The minimum absolute atomic E-state index is 0.0548. The highest BCUT2D eigenvalue weighted by atomic mass is 15.1. The van der Waals surface area contributed by atoms with Gasteiger partial charge in [-0.25, -0.2) is 0 Å². The van der Waals surface area contributed by atoms with Gasteiger partial charge in [0, 0.05) is 18.5 Å². The van der Waals surface area contributed by atoms with E-state index in [1.165, 1.54) is 11.1 Å². The van der Waals surface area contributed by atoms with Crippen LogP contribution in [0.1, 0.15) is 30.4 Å². The lowest BCUT2D eigenvalue weighted by Gasteiger charge is -2.40. The lowest BCUT2D eigenvalue weighted by molar-refractivity contribution is 0.309. The number of benzene rings is 2. The quantitative estimate of drug-likeness (QED) is 0.659. The summed E-state index contributed by atoms with van der Waals surface area (Å²) >= 11 is 0. The van der Waals surface area contributed by atoms with Gasteiger partial charge in [0.05, 0.1) is 0 Å². The van der Waals surface area contributed by atoms with Crippen molar-refractivity contribution in [3.63, 3.8) is 0 Å². The molecule has 1 nitrogen and oxygen atoms in total. The molecular formula is C24H25N. The van der Waals surface area contributed by atoms with Gasteiger partial charge >= 0.3 is 0 Å². The van der Waals surface area contributed by atoms with E-state index >= 15 is 0 Å². The minimum atomic E-state index is 0.0548. The van der Waals surface area contributed by atoms with Crippen molar-refractivity contribution >= 4 is 0 Å². The number of hydrogen-bond acceptors (Lipinski definition) is 1. The minimum Gasteiger partial charge on any atom is -0.373 e. The van der Waals surface area contributed by atoms with Gasteiger partial charge in [0.2, 0.25) is 0 Å². The van der Waals surface area contributed by atoms with E-state index in [0.717, 1.165) is 32.4 Å². The summed E-state index contributed by atoms with van der Waals surface area (Å²) < 4.78 is 0. The number of nitrogens with zero attached hydrogens (tertiary/aromatic N) is 1. The van der Waals surface area contributed by atoms with E-state index in [2.05, 4.69) is 96.1 Å². The molecule has 4 rings (SSSR count). The standard InChI is InChI=1S/C24H25N/c1-4-10-21(11-5-1)20-25-18-16-24(17-19-25,22-12-6-2-7-13-22)23-14-8-3-9-15-23/h1-8,10-13,15-16,18H,9,14,17,19-20H2. The average Bonchev–Trinajstić information content (AvgIpc) is 2.71. The van der Waals surface area contributed by atoms with Gasteiger partial charge in [-0.15, -0.1) is 0 Å². The molecule has 126 valence electrons. The highest BCUT2D eigenvalue weighted by molar-refractivity contribution is 5.45. The highest BCUT2D eigenvalue weighted by Crippen LogP contribution is 2.42. The van der Waals surface area contributed by atoms with Crippen molar-refractivity contribution in [1.29, 1.82) is 0 Å². The highest BCUT2D eigenvalue weighted by Gasteiger charge is 2.35. The summed E-state index contributed by atoms with van der Waals surface area (Å²) in [5, 5.41) is 0. The third-order valence-electron chi connectivity index (χ3n) is 5.46. The van der Waals surface area contributed by atoms with Gasteiger partial charge < -0.3 is 4.90 Å². The Labute approximate surface area is 151 Å². The number of rotatable bonds is 4. The van der Waals surface area contributed by atoms with Crippen LogP contribution in [0.15, 0.2) is 96.7 Å². The van der Waals surface area contributed by atoms with Gasteiger partial charge in [-0.1, -0.05) is 90.5 Å². The van der Waals surface area contributed by atoms with Crippen LogP contribution in [0.4, 0.5) is 0 Å². The third kappa shape index (κ3) is 3.32. The van der Waals surface area contributed by atoms with E-state index in [4.69, 9.17) is 0 Å². The van der Waals surface area contributed by atoms with E-state index in [1.807, 2.05) is 0 Å². The molecule has 0 N–H and O–H groups in total. The van der Waals surface area contributed by atoms with Crippen molar-refractivity contribution < 1.29 is 0 Å². The zero-order valence-electron chi connectivity index (χ0n) is 14.6. The molecule has 1 aliphatic carbocycles. The molecular weight excluding hydrogens is 302 g/mol. The second kappa shape index (κ2) is 7.14. The number of hydrogen-bond donors (Lipinski definition) is 0. The molecule has 0 amide bonds. The Bertz CT molecular complexity index is 785. The molecule has 0 spiro atoms. The Kier molecular flexibility index (Phi) is 4.56. The van der Waals surface area contributed by atoms with Crippen LogP contribution in [0.5, 0.6) is 0 Å². The van der Waals surface area contributed by atoms with Gasteiger partial charge in [-0.2, -0.15) is 0 Å². The van der Waals surface area contributed by atoms with E-state index in [1.54, 1.807) is 5.57 Å². The molecule has 0 saturated heterocycles. The van der Waals surface area contributed by atoms with Crippen LogP contribution < -0.4 is 0 Å². The van der Waals surface area contributed by atoms with Gasteiger partial charge in [-0.05, 0) is 36.6 Å². The lowest BCUT2D eigenvalue weighted by Crippen LogP contribution is -2.36. The fourth-order valence-electron chi connectivity index (χ4n) is 4.05. The third-order valence-corrected chi connectivity index (χ3v) is 5.46. The van der Waals surface area contributed by atoms with E-state index < -0.39 is 0 Å². The van der Waals surface area contributed by atoms with Crippen LogP contribution in [0, 0.1) is 0 Å². The summed E-state index contributed by atoms with van der Waals surface area (Å²) in [5.41, 5.74) is 4.40. The van der Waals surface area contributed by atoms with Gasteiger partial charge in [0.25, 0.3) is 0 Å². The zero-order valence-corrected chi connectivity index (χ0v) is 14.6. The Morgan fingerprint density at radius 2 is 1.64 bits per heavy atom. The van der Waals surface area contributed by atoms with Crippen molar-refractivity contribution in [2.24, 2.45) is 0 Å². The van der Waals surface area contributed by atoms with Crippen LogP contribution in [0.3, 0.4) is 0 Å². The SMILES string of the molecule is C1=CCC(C2(c3ccccc3)C=CN(Cc3ccccc3)CC2)=CC1. The monoisotopic (exact) mass is 327 g/mol. The largest absolute Gasteiger partial charge is 0.373 e. The predicted octanol–water partition coefficient (Wildman–Crippen LogP) is 5.62. The van der Waals surface area contributed by atoms with Crippen molar-refractivity contribution in [2.45, 2.75) is 31.2 Å². The van der Waals surface area contributed by atoms with Crippen molar-refractivity contribution in [1.82, 2.24) is 4.90 Å².